The predicted molar refractivity (Wildman–Crippen MR) is 117 cm³/mol. The van der Waals surface area contributed by atoms with Crippen molar-refractivity contribution in [1.29, 1.82) is 0 Å². The summed E-state index contributed by atoms with van der Waals surface area (Å²) in [6, 6.07) is 8.36. The molecule has 2 rings (SSSR count). The summed E-state index contributed by atoms with van der Waals surface area (Å²) < 4.78 is 0. The number of nitrogens with zero attached hydrogens (tertiary/aromatic N) is 3. The molecule has 0 spiro atoms. The molecular weight excluding hydrogens is 358 g/mol. The third kappa shape index (κ3) is 6.66. The highest BCUT2D eigenvalue weighted by Gasteiger charge is 2.21. The Bertz CT molecular complexity index is 588. The van der Waals surface area contributed by atoms with Crippen LogP contribution in [-0.4, -0.2) is 69.1 Å². The zero-order valence-corrected chi connectivity index (χ0v) is 18.1. The first-order valence-corrected chi connectivity index (χ1v) is 10.6. The second-order valence-corrected chi connectivity index (χ2v) is 7.77. The van der Waals surface area contributed by atoms with Crippen molar-refractivity contribution < 1.29 is 0 Å². The molecule has 0 saturated carbocycles. The van der Waals surface area contributed by atoms with Crippen LogP contribution < -0.4 is 10.6 Å². The Morgan fingerprint density at radius 3 is 2.67 bits per heavy atom. The summed E-state index contributed by atoms with van der Waals surface area (Å²) in [7, 11) is 4.04. The quantitative estimate of drug-likeness (QED) is 0.525. The molecule has 27 heavy (non-hydrogen) atoms. The first-order valence-electron chi connectivity index (χ1n) is 10.2. The molecule has 1 fully saturated rings. The lowest BCUT2D eigenvalue weighted by atomic mass is 9.98. The summed E-state index contributed by atoms with van der Waals surface area (Å²) >= 11 is 6.50. The van der Waals surface area contributed by atoms with Gasteiger partial charge in [0.2, 0.25) is 0 Å². The van der Waals surface area contributed by atoms with Crippen LogP contribution in [0.4, 0.5) is 0 Å². The van der Waals surface area contributed by atoms with Gasteiger partial charge in [-0.1, -0.05) is 43.6 Å². The van der Waals surface area contributed by atoms with Crippen molar-refractivity contribution >= 4 is 17.6 Å². The lowest BCUT2D eigenvalue weighted by Gasteiger charge is -2.32. The number of guanidine groups is 1. The van der Waals surface area contributed by atoms with Crippen LogP contribution in [0.3, 0.4) is 0 Å². The van der Waals surface area contributed by atoms with Gasteiger partial charge in [0.25, 0.3) is 0 Å². The zero-order chi connectivity index (χ0) is 19.6. The van der Waals surface area contributed by atoms with Crippen LogP contribution in [0.25, 0.3) is 0 Å². The highest BCUT2D eigenvalue weighted by atomic mass is 35.5. The minimum Gasteiger partial charge on any atom is -0.356 e. The van der Waals surface area contributed by atoms with Crippen LogP contribution in [0.15, 0.2) is 29.3 Å². The van der Waals surface area contributed by atoms with Gasteiger partial charge >= 0.3 is 0 Å². The number of piperidine rings is 1. The lowest BCUT2D eigenvalue weighted by Crippen LogP contribution is -2.46. The van der Waals surface area contributed by atoms with Crippen LogP contribution in [-0.2, 0) is 0 Å². The van der Waals surface area contributed by atoms with Gasteiger partial charge < -0.3 is 15.5 Å². The lowest BCUT2D eigenvalue weighted by molar-refractivity contribution is 0.209. The Kier molecular flexibility index (Phi) is 9.39. The third-order valence-corrected chi connectivity index (χ3v) is 5.83. The first-order chi connectivity index (χ1) is 13.1. The average molecular weight is 394 g/mol. The monoisotopic (exact) mass is 393 g/mol. The minimum absolute atomic E-state index is 0.216. The van der Waals surface area contributed by atoms with Gasteiger partial charge in [0.15, 0.2) is 5.96 Å². The molecular formula is C21H36ClN5. The molecule has 0 radical (unpaired) electrons. The van der Waals surface area contributed by atoms with E-state index in [1.807, 2.05) is 19.2 Å². The number of nitrogens with one attached hydrogen (secondary N) is 2. The number of rotatable bonds is 8. The topological polar surface area (TPSA) is 42.9 Å². The Labute approximate surface area is 170 Å². The molecule has 1 aromatic carbocycles. The molecule has 0 aliphatic carbocycles. The first kappa shape index (κ1) is 22.0. The molecule has 1 saturated heterocycles. The van der Waals surface area contributed by atoms with E-state index in [-0.39, 0.29) is 6.04 Å². The maximum Gasteiger partial charge on any atom is 0.191 e. The van der Waals surface area contributed by atoms with Gasteiger partial charge in [-0.05, 0) is 57.1 Å². The van der Waals surface area contributed by atoms with Crippen LogP contribution >= 0.6 is 11.6 Å². The van der Waals surface area contributed by atoms with Crippen LogP contribution in [0.1, 0.15) is 38.3 Å². The van der Waals surface area contributed by atoms with Crippen molar-refractivity contribution in [1.82, 2.24) is 20.4 Å². The fourth-order valence-corrected chi connectivity index (χ4v) is 4.20. The highest BCUT2D eigenvalue weighted by Crippen LogP contribution is 2.26. The van der Waals surface area contributed by atoms with Crippen LogP contribution in [0.5, 0.6) is 0 Å². The molecule has 2 N–H and O–H groups in total. The van der Waals surface area contributed by atoms with Gasteiger partial charge in [-0.25, -0.2) is 0 Å². The standard InChI is InChI=1S/C21H36ClN5/c1-5-27(6-2)20(18-11-7-8-12-19(18)22)15-25-21(23-3)24-14-17-10-9-13-26(4)16-17/h7-8,11-12,17,20H,5-6,9-10,13-16H2,1-4H3,(H2,23,24,25). The molecule has 0 aromatic heterocycles. The minimum atomic E-state index is 0.216. The average Bonchev–Trinajstić information content (AvgIpc) is 2.68. The van der Waals surface area contributed by atoms with Gasteiger partial charge in [0.1, 0.15) is 0 Å². The fourth-order valence-electron chi connectivity index (χ4n) is 3.94. The summed E-state index contributed by atoms with van der Waals surface area (Å²) in [5.74, 6) is 1.55. The largest absolute Gasteiger partial charge is 0.356 e. The van der Waals surface area contributed by atoms with E-state index in [4.69, 9.17) is 11.6 Å². The van der Waals surface area contributed by atoms with Crippen molar-refractivity contribution in [2.24, 2.45) is 10.9 Å². The molecule has 1 heterocycles. The van der Waals surface area contributed by atoms with Crippen LogP contribution in [0, 0.1) is 5.92 Å². The Morgan fingerprint density at radius 1 is 1.30 bits per heavy atom. The molecule has 2 unspecified atom stereocenters. The van der Waals surface area contributed by atoms with Gasteiger partial charge in [0.05, 0.1) is 6.04 Å². The van der Waals surface area contributed by atoms with Gasteiger partial charge in [-0.15, -0.1) is 0 Å². The summed E-state index contributed by atoms with van der Waals surface area (Å²) in [6.07, 6.45) is 2.57. The number of likely N-dealkylation sites (N-methyl/N-ethyl adjacent to an activating group) is 1. The molecule has 1 aliphatic heterocycles. The fraction of sp³-hybridized carbons (Fsp3) is 0.667. The molecule has 1 aromatic rings. The molecule has 0 amide bonds. The van der Waals surface area contributed by atoms with Crippen molar-refractivity contribution in [3.8, 4) is 0 Å². The number of benzene rings is 1. The normalized spacial score (nSPS) is 19.9. The summed E-state index contributed by atoms with van der Waals surface area (Å²) in [4.78, 5) is 9.26. The number of hydrogen-bond acceptors (Lipinski definition) is 3. The molecule has 6 heteroatoms. The van der Waals surface area contributed by atoms with E-state index >= 15 is 0 Å². The van der Waals surface area contributed by atoms with E-state index in [2.05, 4.69) is 58.5 Å². The van der Waals surface area contributed by atoms with Crippen molar-refractivity contribution in [3.05, 3.63) is 34.9 Å². The summed E-state index contributed by atoms with van der Waals surface area (Å²) in [5, 5.41) is 7.86. The predicted octanol–water partition coefficient (Wildman–Crippen LogP) is 3.23. The van der Waals surface area contributed by atoms with E-state index in [0.29, 0.717) is 5.92 Å². The number of halogens is 1. The molecule has 152 valence electrons. The zero-order valence-electron chi connectivity index (χ0n) is 17.3. The number of aliphatic imine (C=N–C) groups is 1. The van der Waals surface area contributed by atoms with Crippen molar-refractivity contribution in [2.75, 3.05) is 53.4 Å². The van der Waals surface area contributed by atoms with E-state index in [0.717, 1.165) is 43.7 Å². The number of hydrogen-bond donors (Lipinski definition) is 2. The Hall–Kier alpha value is -1.30. The summed E-state index contributed by atoms with van der Waals surface area (Å²) in [6.45, 7) is 10.5. The maximum atomic E-state index is 6.50. The van der Waals surface area contributed by atoms with Gasteiger partial charge in [-0.3, -0.25) is 9.89 Å². The Morgan fingerprint density at radius 2 is 2.04 bits per heavy atom. The highest BCUT2D eigenvalue weighted by molar-refractivity contribution is 6.31. The Balaban J connectivity index is 1.96. The maximum absolute atomic E-state index is 6.50. The molecule has 1 aliphatic rings. The SMILES string of the molecule is CCN(CC)C(CNC(=NC)NCC1CCCN(C)C1)c1ccccc1Cl. The van der Waals surface area contributed by atoms with Crippen molar-refractivity contribution in [3.63, 3.8) is 0 Å². The van der Waals surface area contributed by atoms with E-state index in [1.165, 1.54) is 24.9 Å². The van der Waals surface area contributed by atoms with Crippen LogP contribution in [0.2, 0.25) is 5.02 Å². The smallest absolute Gasteiger partial charge is 0.191 e. The second kappa shape index (κ2) is 11.5. The summed E-state index contributed by atoms with van der Waals surface area (Å²) in [5.41, 5.74) is 1.17. The van der Waals surface area contributed by atoms with Gasteiger partial charge in [-0.2, -0.15) is 0 Å². The van der Waals surface area contributed by atoms with E-state index < -0.39 is 0 Å². The third-order valence-electron chi connectivity index (χ3n) is 5.48. The molecule has 2 atom stereocenters. The number of likely N-dealkylation sites (tertiary alicyclic amines) is 1. The molecule has 0 bridgehead atoms. The van der Waals surface area contributed by atoms with E-state index in [1.54, 1.807) is 0 Å². The second-order valence-electron chi connectivity index (χ2n) is 7.36. The molecule has 5 nitrogen and oxygen atoms in total. The van der Waals surface area contributed by atoms with E-state index in [9.17, 15) is 0 Å². The van der Waals surface area contributed by atoms with Gasteiger partial charge in [0, 0.05) is 31.7 Å². The van der Waals surface area contributed by atoms with Crippen molar-refractivity contribution in [2.45, 2.75) is 32.7 Å².